The van der Waals surface area contributed by atoms with Crippen LogP contribution in [0.1, 0.15) is 18.4 Å². The van der Waals surface area contributed by atoms with E-state index in [9.17, 15) is 19.5 Å². The van der Waals surface area contributed by atoms with E-state index in [-0.39, 0.29) is 34.4 Å². The van der Waals surface area contributed by atoms with Gasteiger partial charge in [-0.05, 0) is 36.7 Å². The number of likely N-dealkylation sites (tertiary alicyclic amines) is 1. The molecule has 0 spiro atoms. The van der Waals surface area contributed by atoms with Crippen molar-refractivity contribution in [1.82, 2.24) is 9.80 Å². The number of hydrogen-bond donors (Lipinski definition) is 1. The van der Waals surface area contributed by atoms with Gasteiger partial charge in [-0.15, -0.1) is 0 Å². The molecule has 1 aromatic carbocycles. The van der Waals surface area contributed by atoms with Crippen molar-refractivity contribution in [3.05, 3.63) is 27.6 Å². The van der Waals surface area contributed by atoms with Crippen molar-refractivity contribution in [1.29, 1.82) is 0 Å². The Kier molecular flexibility index (Phi) is 5.43. The number of thioether (sulfide) groups is 1. The number of halogens is 1. The third kappa shape index (κ3) is 3.66. The van der Waals surface area contributed by atoms with E-state index >= 15 is 0 Å². The summed E-state index contributed by atoms with van der Waals surface area (Å²) in [5.74, 6) is -0.826. The monoisotopic (exact) mass is 396 g/mol. The molecule has 2 aliphatic heterocycles. The van der Waals surface area contributed by atoms with Crippen molar-refractivity contribution in [3.8, 4) is 11.5 Å². The highest BCUT2D eigenvalue weighted by molar-refractivity contribution is 8.18. The molecule has 2 aliphatic rings. The van der Waals surface area contributed by atoms with Crippen LogP contribution in [0.25, 0.3) is 6.08 Å². The van der Waals surface area contributed by atoms with Gasteiger partial charge in [0, 0.05) is 29.7 Å². The second kappa shape index (κ2) is 7.59. The largest absolute Gasteiger partial charge is 0.504 e. The van der Waals surface area contributed by atoms with Crippen LogP contribution < -0.4 is 4.74 Å². The molecular formula is C17H17ClN2O5S. The van der Waals surface area contributed by atoms with Crippen LogP contribution in [0.15, 0.2) is 17.0 Å². The summed E-state index contributed by atoms with van der Waals surface area (Å²) in [6.45, 7) is 1.04. The highest BCUT2D eigenvalue weighted by Gasteiger charge is 2.37. The van der Waals surface area contributed by atoms with Gasteiger partial charge in [-0.2, -0.15) is 0 Å². The summed E-state index contributed by atoms with van der Waals surface area (Å²) in [7, 11) is 1.38. The highest BCUT2D eigenvalue weighted by atomic mass is 35.5. The number of imide groups is 1. The molecule has 3 rings (SSSR count). The molecule has 0 atom stereocenters. The molecule has 3 amide bonds. The van der Waals surface area contributed by atoms with Gasteiger partial charge in [0.25, 0.3) is 11.1 Å². The van der Waals surface area contributed by atoms with Crippen molar-refractivity contribution >= 4 is 46.5 Å². The van der Waals surface area contributed by atoms with E-state index in [0.717, 1.165) is 29.5 Å². The molecule has 0 aliphatic carbocycles. The molecule has 138 valence electrons. The number of phenolic OH excluding ortho intramolecular Hbond substituents is 1. The Morgan fingerprint density at radius 2 is 2.04 bits per heavy atom. The van der Waals surface area contributed by atoms with Crippen molar-refractivity contribution in [2.75, 3.05) is 26.7 Å². The van der Waals surface area contributed by atoms with E-state index in [1.165, 1.54) is 25.3 Å². The van der Waals surface area contributed by atoms with Crippen LogP contribution in [0.4, 0.5) is 4.79 Å². The molecule has 7 nitrogen and oxygen atoms in total. The second-order valence-electron chi connectivity index (χ2n) is 5.90. The number of carbonyl (C=O) groups excluding carboxylic acids is 3. The lowest BCUT2D eigenvalue weighted by atomic mass is 10.1. The normalized spacial score (nSPS) is 18.9. The van der Waals surface area contributed by atoms with Gasteiger partial charge in [-0.25, -0.2) is 0 Å². The SMILES string of the molecule is COc1cc(Cl)cc(/C=C2/SC(=O)N(CC(=O)N3CCCC3)C2=O)c1O. The van der Waals surface area contributed by atoms with Crippen molar-refractivity contribution in [3.63, 3.8) is 0 Å². The lowest BCUT2D eigenvalue weighted by Crippen LogP contribution is -2.40. The van der Waals surface area contributed by atoms with Crippen LogP contribution in [-0.4, -0.2) is 58.7 Å². The number of hydrogen-bond acceptors (Lipinski definition) is 6. The molecule has 0 radical (unpaired) electrons. The molecule has 1 N–H and O–H groups in total. The zero-order valence-corrected chi connectivity index (χ0v) is 15.6. The van der Waals surface area contributed by atoms with Gasteiger partial charge >= 0.3 is 0 Å². The molecule has 1 aromatic rings. The molecular weight excluding hydrogens is 380 g/mol. The number of ether oxygens (including phenoxy) is 1. The smallest absolute Gasteiger partial charge is 0.294 e. The topological polar surface area (TPSA) is 87.2 Å². The van der Waals surface area contributed by atoms with Crippen LogP contribution in [0, 0.1) is 0 Å². The van der Waals surface area contributed by atoms with Crippen molar-refractivity contribution < 1.29 is 24.2 Å². The maximum absolute atomic E-state index is 12.5. The summed E-state index contributed by atoms with van der Waals surface area (Å²) in [6, 6.07) is 2.90. The van der Waals surface area contributed by atoms with Gasteiger partial charge in [0.05, 0.1) is 12.0 Å². The van der Waals surface area contributed by atoms with E-state index in [0.29, 0.717) is 18.1 Å². The van der Waals surface area contributed by atoms with Crippen LogP contribution in [-0.2, 0) is 9.59 Å². The summed E-state index contributed by atoms with van der Waals surface area (Å²) in [4.78, 5) is 39.6. The molecule has 2 saturated heterocycles. The first-order chi connectivity index (χ1) is 12.4. The summed E-state index contributed by atoms with van der Waals surface area (Å²) < 4.78 is 5.03. The molecule has 0 aromatic heterocycles. The van der Waals surface area contributed by atoms with Crippen LogP contribution in [0.3, 0.4) is 0 Å². The molecule has 0 saturated carbocycles. The molecule has 0 bridgehead atoms. The van der Waals surface area contributed by atoms with Gasteiger partial charge < -0.3 is 14.7 Å². The average Bonchev–Trinajstić information content (AvgIpc) is 3.22. The number of amides is 3. The van der Waals surface area contributed by atoms with E-state index in [1.807, 2.05) is 0 Å². The summed E-state index contributed by atoms with van der Waals surface area (Å²) in [5, 5.41) is 9.97. The lowest BCUT2D eigenvalue weighted by Gasteiger charge is -2.18. The maximum atomic E-state index is 12.5. The van der Waals surface area contributed by atoms with Gasteiger partial charge in [-0.3, -0.25) is 19.3 Å². The third-order valence-electron chi connectivity index (χ3n) is 4.20. The number of rotatable bonds is 4. The second-order valence-corrected chi connectivity index (χ2v) is 7.33. The number of benzene rings is 1. The van der Waals surface area contributed by atoms with Crippen molar-refractivity contribution in [2.45, 2.75) is 12.8 Å². The number of phenols is 1. The minimum absolute atomic E-state index is 0.115. The van der Waals surface area contributed by atoms with Crippen LogP contribution >= 0.6 is 23.4 Å². The van der Waals surface area contributed by atoms with Crippen LogP contribution in [0.5, 0.6) is 11.5 Å². The highest BCUT2D eigenvalue weighted by Crippen LogP contribution is 2.38. The molecule has 2 heterocycles. The van der Waals surface area contributed by atoms with Gasteiger partial charge in [0.1, 0.15) is 6.54 Å². The number of methoxy groups -OCH3 is 1. The summed E-state index contributed by atoms with van der Waals surface area (Å²) in [6.07, 6.45) is 3.24. The molecule has 9 heteroatoms. The minimum atomic E-state index is -0.564. The Morgan fingerprint density at radius 1 is 1.35 bits per heavy atom. The van der Waals surface area contributed by atoms with Gasteiger partial charge in [0.15, 0.2) is 11.5 Å². The Balaban J connectivity index is 1.81. The average molecular weight is 397 g/mol. The van der Waals surface area contributed by atoms with E-state index in [2.05, 4.69) is 0 Å². The molecule has 2 fully saturated rings. The van der Waals surface area contributed by atoms with Crippen molar-refractivity contribution in [2.24, 2.45) is 0 Å². The van der Waals surface area contributed by atoms with Gasteiger partial charge in [0.2, 0.25) is 5.91 Å². The zero-order chi connectivity index (χ0) is 18.8. The Bertz CT molecular complexity index is 805. The van der Waals surface area contributed by atoms with Crippen LogP contribution in [0.2, 0.25) is 5.02 Å². The standard InChI is InChI=1S/C17H17ClN2O5S/c1-25-12-8-11(18)6-10(15(12)22)7-13-16(23)20(17(24)26-13)9-14(21)19-4-2-3-5-19/h6-8,22H,2-5,9H2,1H3/b13-7+. The molecule has 26 heavy (non-hydrogen) atoms. The maximum Gasteiger partial charge on any atom is 0.294 e. The minimum Gasteiger partial charge on any atom is -0.504 e. The fourth-order valence-electron chi connectivity index (χ4n) is 2.84. The lowest BCUT2D eigenvalue weighted by molar-refractivity contribution is -0.135. The van der Waals surface area contributed by atoms with E-state index < -0.39 is 11.1 Å². The Labute approximate surface area is 159 Å². The predicted molar refractivity (Wildman–Crippen MR) is 98.2 cm³/mol. The number of nitrogens with zero attached hydrogens (tertiary/aromatic N) is 2. The van der Waals surface area contributed by atoms with Gasteiger partial charge in [-0.1, -0.05) is 11.6 Å². The van der Waals surface area contributed by atoms with E-state index in [1.54, 1.807) is 4.90 Å². The predicted octanol–water partition coefficient (Wildman–Crippen LogP) is 2.71. The quantitative estimate of drug-likeness (QED) is 0.787. The first-order valence-corrected chi connectivity index (χ1v) is 9.20. The first-order valence-electron chi connectivity index (χ1n) is 8.00. The van der Waals surface area contributed by atoms with E-state index in [4.69, 9.17) is 16.3 Å². The summed E-state index contributed by atoms with van der Waals surface area (Å²) >= 11 is 6.70. The Hall–Kier alpha value is -2.19. The Morgan fingerprint density at radius 3 is 2.69 bits per heavy atom. The first kappa shape index (κ1) is 18.6. The zero-order valence-electron chi connectivity index (χ0n) is 14.0. The number of carbonyl (C=O) groups is 3. The molecule has 0 unspecified atom stereocenters. The summed E-state index contributed by atoms with van der Waals surface area (Å²) in [5.41, 5.74) is 0.255. The number of aromatic hydroxyl groups is 1. The fraction of sp³-hybridized carbons (Fsp3) is 0.353. The third-order valence-corrected chi connectivity index (χ3v) is 5.33. The fourth-order valence-corrected chi connectivity index (χ4v) is 3.89.